The first kappa shape index (κ1) is 13.9. The van der Waals surface area contributed by atoms with Crippen LogP contribution in [0.3, 0.4) is 0 Å². The lowest BCUT2D eigenvalue weighted by Gasteiger charge is -2.03. The van der Waals surface area contributed by atoms with Gasteiger partial charge >= 0.3 is 0 Å². The second kappa shape index (κ2) is 5.73. The number of aromatic nitrogens is 2. The first-order chi connectivity index (χ1) is 10.6. The van der Waals surface area contributed by atoms with Crippen LogP contribution in [0.1, 0.15) is 15.9 Å². The lowest BCUT2D eigenvalue weighted by molar-refractivity contribution is 0.102. The SMILES string of the molecule is Cc1cccc(-n2[nH]cc(NC(=O)c3ccccc3)c2=O)c1. The molecule has 0 unspecified atom stereocenters. The molecule has 1 amide bonds. The summed E-state index contributed by atoms with van der Waals surface area (Å²) in [6.07, 6.45) is 1.49. The number of aryl methyl sites for hydroxylation is 1. The van der Waals surface area contributed by atoms with Gasteiger partial charge in [-0.1, -0.05) is 30.3 Å². The number of nitrogens with zero attached hydrogens (tertiary/aromatic N) is 1. The monoisotopic (exact) mass is 293 g/mol. The van der Waals surface area contributed by atoms with Crippen LogP contribution in [0.5, 0.6) is 0 Å². The van der Waals surface area contributed by atoms with Crippen molar-refractivity contribution in [2.24, 2.45) is 0 Å². The van der Waals surface area contributed by atoms with Gasteiger partial charge in [0.1, 0.15) is 5.69 Å². The fourth-order valence-corrected chi connectivity index (χ4v) is 2.20. The molecule has 110 valence electrons. The van der Waals surface area contributed by atoms with Crippen molar-refractivity contribution in [2.45, 2.75) is 6.92 Å². The molecule has 0 aliphatic carbocycles. The molecule has 1 heterocycles. The molecule has 0 fully saturated rings. The van der Waals surface area contributed by atoms with E-state index in [4.69, 9.17) is 0 Å². The highest BCUT2D eigenvalue weighted by molar-refractivity contribution is 6.04. The lowest BCUT2D eigenvalue weighted by atomic mass is 10.2. The van der Waals surface area contributed by atoms with E-state index in [1.807, 2.05) is 37.3 Å². The first-order valence-electron chi connectivity index (χ1n) is 6.89. The van der Waals surface area contributed by atoms with Gasteiger partial charge in [0.25, 0.3) is 11.5 Å². The summed E-state index contributed by atoms with van der Waals surface area (Å²) in [6.45, 7) is 1.95. The highest BCUT2D eigenvalue weighted by Crippen LogP contribution is 2.09. The minimum atomic E-state index is -0.312. The largest absolute Gasteiger partial charge is 0.316 e. The lowest BCUT2D eigenvalue weighted by Crippen LogP contribution is -2.21. The molecule has 0 bridgehead atoms. The number of aromatic amines is 1. The van der Waals surface area contributed by atoms with E-state index < -0.39 is 0 Å². The number of amides is 1. The molecule has 0 saturated carbocycles. The summed E-state index contributed by atoms with van der Waals surface area (Å²) < 4.78 is 1.40. The van der Waals surface area contributed by atoms with Crippen molar-refractivity contribution in [1.29, 1.82) is 0 Å². The molecule has 0 aliphatic heterocycles. The summed E-state index contributed by atoms with van der Waals surface area (Å²) in [7, 11) is 0. The van der Waals surface area contributed by atoms with Crippen LogP contribution < -0.4 is 10.9 Å². The third-order valence-electron chi connectivity index (χ3n) is 3.32. The van der Waals surface area contributed by atoms with Crippen molar-refractivity contribution in [3.8, 4) is 5.69 Å². The van der Waals surface area contributed by atoms with Crippen LogP contribution in [-0.2, 0) is 0 Å². The Hall–Kier alpha value is -3.08. The molecule has 0 radical (unpaired) electrons. The highest BCUT2D eigenvalue weighted by Gasteiger charge is 2.12. The summed E-state index contributed by atoms with van der Waals surface area (Å²) in [5.74, 6) is -0.312. The van der Waals surface area contributed by atoms with E-state index in [1.165, 1.54) is 10.9 Å². The van der Waals surface area contributed by atoms with E-state index in [2.05, 4.69) is 10.4 Å². The van der Waals surface area contributed by atoms with Crippen LogP contribution in [0.4, 0.5) is 5.69 Å². The fourth-order valence-electron chi connectivity index (χ4n) is 2.20. The molecular formula is C17H15N3O2. The van der Waals surface area contributed by atoms with Crippen molar-refractivity contribution < 1.29 is 4.79 Å². The zero-order valence-corrected chi connectivity index (χ0v) is 12.0. The maximum absolute atomic E-state index is 12.4. The van der Waals surface area contributed by atoms with Gasteiger partial charge in [-0.15, -0.1) is 0 Å². The van der Waals surface area contributed by atoms with E-state index >= 15 is 0 Å². The summed E-state index contributed by atoms with van der Waals surface area (Å²) in [5.41, 5.74) is 2.20. The van der Waals surface area contributed by atoms with Crippen molar-refractivity contribution >= 4 is 11.6 Å². The molecule has 0 saturated heterocycles. The summed E-state index contributed by atoms with van der Waals surface area (Å²) in [5, 5.41) is 5.49. The number of carbonyl (C=O) groups excluding carboxylic acids is 1. The van der Waals surface area contributed by atoms with Gasteiger partial charge in [0.05, 0.1) is 5.69 Å². The van der Waals surface area contributed by atoms with Gasteiger partial charge in [-0.3, -0.25) is 14.7 Å². The predicted octanol–water partition coefficient (Wildman–Crippen LogP) is 2.73. The van der Waals surface area contributed by atoms with Crippen LogP contribution in [0.25, 0.3) is 5.69 Å². The van der Waals surface area contributed by atoms with E-state index in [9.17, 15) is 9.59 Å². The molecule has 0 aliphatic rings. The minimum Gasteiger partial charge on any atom is -0.316 e. The van der Waals surface area contributed by atoms with Gasteiger partial charge < -0.3 is 5.32 Å². The summed E-state index contributed by atoms with van der Waals surface area (Å²) >= 11 is 0. The molecule has 22 heavy (non-hydrogen) atoms. The Morgan fingerprint density at radius 2 is 1.86 bits per heavy atom. The second-order valence-electron chi connectivity index (χ2n) is 4.99. The van der Waals surface area contributed by atoms with Gasteiger partial charge in [0.2, 0.25) is 0 Å². The van der Waals surface area contributed by atoms with E-state index in [0.29, 0.717) is 5.56 Å². The molecule has 5 nitrogen and oxygen atoms in total. The Morgan fingerprint density at radius 3 is 2.59 bits per heavy atom. The average molecular weight is 293 g/mol. The number of benzene rings is 2. The normalized spacial score (nSPS) is 10.4. The molecular weight excluding hydrogens is 278 g/mol. The van der Waals surface area contributed by atoms with Crippen molar-refractivity contribution in [2.75, 3.05) is 5.32 Å². The molecule has 0 atom stereocenters. The topological polar surface area (TPSA) is 66.9 Å². The molecule has 5 heteroatoms. The standard InChI is InChI=1S/C17H15N3O2/c1-12-6-5-9-14(10-12)20-17(22)15(11-18-20)19-16(21)13-7-3-2-4-8-13/h2-11,18H,1H3,(H,19,21). The highest BCUT2D eigenvalue weighted by atomic mass is 16.2. The molecule has 2 N–H and O–H groups in total. The number of H-pyrrole nitrogens is 1. The van der Waals surface area contributed by atoms with Gasteiger partial charge in [-0.2, -0.15) is 0 Å². The zero-order chi connectivity index (χ0) is 15.5. The number of hydrogen-bond donors (Lipinski definition) is 2. The fraction of sp³-hybridized carbons (Fsp3) is 0.0588. The number of hydrogen-bond acceptors (Lipinski definition) is 2. The third-order valence-corrected chi connectivity index (χ3v) is 3.32. The minimum absolute atomic E-state index is 0.218. The van der Waals surface area contributed by atoms with Crippen molar-refractivity contribution in [3.63, 3.8) is 0 Å². The molecule has 2 aromatic carbocycles. The first-order valence-corrected chi connectivity index (χ1v) is 6.89. The van der Waals surface area contributed by atoms with Crippen molar-refractivity contribution in [3.05, 3.63) is 82.3 Å². The van der Waals surface area contributed by atoms with Gasteiger partial charge in [-0.05, 0) is 36.8 Å². The molecule has 0 spiro atoms. The average Bonchev–Trinajstić information content (AvgIpc) is 2.89. The molecule has 3 rings (SSSR count). The van der Waals surface area contributed by atoms with E-state index in [0.717, 1.165) is 11.3 Å². The molecule has 3 aromatic rings. The number of anilines is 1. The van der Waals surface area contributed by atoms with Gasteiger partial charge in [0.15, 0.2) is 0 Å². The second-order valence-corrected chi connectivity index (χ2v) is 4.99. The zero-order valence-electron chi connectivity index (χ0n) is 12.0. The van der Waals surface area contributed by atoms with Crippen LogP contribution >= 0.6 is 0 Å². The number of rotatable bonds is 3. The summed E-state index contributed by atoms with van der Waals surface area (Å²) in [6, 6.07) is 16.3. The number of carbonyl (C=O) groups is 1. The Kier molecular flexibility index (Phi) is 3.62. The number of nitrogens with one attached hydrogen (secondary N) is 2. The van der Waals surface area contributed by atoms with Crippen molar-refractivity contribution in [1.82, 2.24) is 9.78 Å². The van der Waals surface area contributed by atoms with Crippen LogP contribution in [0.2, 0.25) is 0 Å². The maximum atomic E-state index is 12.4. The van der Waals surface area contributed by atoms with Crippen LogP contribution in [0.15, 0.2) is 65.6 Å². The predicted molar refractivity (Wildman–Crippen MR) is 85.5 cm³/mol. The van der Waals surface area contributed by atoms with E-state index in [-0.39, 0.29) is 17.2 Å². The van der Waals surface area contributed by atoms with Crippen LogP contribution in [0, 0.1) is 6.92 Å². The quantitative estimate of drug-likeness (QED) is 0.779. The van der Waals surface area contributed by atoms with Crippen LogP contribution in [-0.4, -0.2) is 15.7 Å². The Balaban J connectivity index is 1.88. The van der Waals surface area contributed by atoms with Gasteiger partial charge in [0, 0.05) is 11.8 Å². The third kappa shape index (κ3) is 2.69. The Bertz CT molecular complexity index is 863. The Labute approximate surface area is 127 Å². The molecule has 1 aromatic heterocycles. The van der Waals surface area contributed by atoms with Gasteiger partial charge in [-0.25, -0.2) is 4.68 Å². The maximum Gasteiger partial charge on any atom is 0.294 e. The Morgan fingerprint density at radius 1 is 1.09 bits per heavy atom. The van der Waals surface area contributed by atoms with E-state index in [1.54, 1.807) is 24.3 Å². The smallest absolute Gasteiger partial charge is 0.294 e. The summed E-state index contributed by atoms with van der Waals surface area (Å²) in [4.78, 5) is 24.5.